The Balaban J connectivity index is 1.48. The zero-order valence-electron chi connectivity index (χ0n) is 22.7. The normalized spacial score (nSPS) is 11.4. The molecule has 0 unspecified atom stereocenters. The van der Waals surface area contributed by atoms with Gasteiger partial charge in [0, 0.05) is 11.6 Å². The van der Waals surface area contributed by atoms with Crippen molar-refractivity contribution in [2.45, 2.75) is 13.5 Å². The van der Waals surface area contributed by atoms with E-state index in [1.165, 1.54) is 18.3 Å². The molecule has 4 aromatic carbocycles. The summed E-state index contributed by atoms with van der Waals surface area (Å²) in [6, 6.07) is 26.2. The van der Waals surface area contributed by atoms with Gasteiger partial charge in [-0.05, 0) is 48.9 Å². The van der Waals surface area contributed by atoms with Crippen LogP contribution < -0.4 is 15.0 Å². The Morgan fingerprint density at radius 3 is 2.62 bits per heavy atom. The van der Waals surface area contributed by atoms with Gasteiger partial charge in [0.25, 0.3) is 5.56 Å². The summed E-state index contributed by atoms with van der Waals surface area (Å²) < 4.78 is 18.6. The van der Waals surface area contributed by atoms with E-state index in [0.717, 1.165) is 15.8 Å². The lowest BCUT2D eigenvalue weighted by atomic mass is 10.1. The van der Waals surface area contributed by atoms with E-state index in [1.54, 1.807) is 61.7 Å². The quantitative estimate of drug-likeness (QED) is 0.118. The number of ether oxygens (including phenoxy) is 2. The lowest BCUT2D eigenvalue weighted by Gasteiger charge is -2.11. The Morgan fingerprint density at radius 1 is 1.00 bits per heavy atom. The van der Waals surface area contributed by atoms with Crippen molar-refractivity contribution in [3.05, 3.63) is 128 Å². The van der Waals surface area contributed by atoms with Gasteiger partial charge >= 0.3 is 5.69 Å². The molecule has 6 aromatic rings. The van der Waals surface area contributed by atoms with Crippen LogP contribution >= 0.6 is 0 Å². The average molecular weight is 561 g/mol. The lowest BCUT2D eigenvalue weighted by Crippen LogP contribution is -2.20. The highest BCUT2D eigenvalue weighted by Gasteiger charge is 2.21. The monoisotopic (exact) mass is 560 g/mol. The number of nitro groups is 1. The number of hydrogen-bond acceptors (Lipinski definition) is 8. The molecule has 208 valence electrons. The maximum absolute atomic E-state index is 13.7. The lowest BCUT2D eigenvalue weighted by molar-refractivity contribution is -0.385. The van der Waals surface area contributed by atoms with E-state index in [9.17, 15) is 14.9 Å². The summed E-state index contributed by atoms with van der Waals surface area (Å²) in [5.41, 5.74) is 2.57. The number of aryl methyl sites for hydroxylation is 1. The van der Waals surface area contributed by atoms with Crippen LogP contribution in [0, 0.1) is 17.0 Å². The number of benzene rings is 4. The van der Waals surface area contributed by atoms with Gasteiger partial charge < -0.3 is 13.9 Å². The topological polar surface area (TPSA) is 122 Å². The summed E-state index contributed by atoms with van der Waals surface area (Å²) in [5, 5.41) is 17.4. The first-order chi connectivity index (χ1) is 20.4. The molecule has 0 saturated heterocycles. The van der Waals surface area contributed by atoms with E-state index >= 15 is 0 Å². The van der Waals surface area contributed by atoms with Gasteiger partial charge in [-0.15, -0.1) is 0 Å². The molecule has 0 saturated carbocycles. The molecule has 2 aromatic heterocycles. The summed E-state index contributed by atoms with van der Waals surface area (Å²) in [4.78, 5) is 29.8. The Morgan fingerprint density at radius 2 is 1.81 bits per heavy atom. The summed E-state index contributed by atoms with van der Waals surface area (Å²) in [6.07, 6.45) is 1.35. The zero-order valence-corrected chi connectivity index (χ0v) is 22.7. The fourth-order valence-corrected chi connectivity index (χ4v) is 4.73. The number of furan rings is 1. The second kappa shape index (κ2) is 11.0. The molecule has 0 aliphatic rings. The average Bonchev–Trinajstić information content (AvgIpc) is 3.44. The van der Waals surface area contributed by atoms with Crippen LogP contribution in [0.25, 0.3) is 33.5 Å². The Bertz CT molecular complexity index is 2060. The van der Waals surface area contributed by atoms with Gasteiger partial charge in [-0.25, -0.2) is 4.98 Å². The Hall–Kier alpha value is -5.77. The molecule has 0 aliphatic heterocycles. The Labute approximate surface area is 239 Å². The van der Waals surface area contributed by atoms with E-state index in [4.69, 9.17) is 18.9 Å². The summed E-state index contributed by atoms with van der Waals surface area (Å²) >= 11 is 0. The molecule has 0 radical (unpaired) electrons. The third-order valence-corrected chi connectivity index (χ3v) is 6.71. The van der Waals surface area contributed by atoms with Gasteiger partial charge in [-0.2, -0.15) is 9.78 Å². The van der Waals surface area contributed by atoms with Crippen LogP contribution in [-0.2, 0) is 6.61 Å². The molecular formula is C32H24N4O6. The second-order valence-electron chi connectivity index (χ2n) is 9.53. The van der Waals surface area contributed by atoms with Crippen molar-refractivity contribution in [1.82, 2.24) is 9.66 Å². The molecule has 10 heteroatoms. The van der Waals surface area contributed by atoms with Crippen LogP contribution in [0.5, 0.6) is 11.5 Å². The molecule has 42 heavy (non-hydrogen) atoms. The fraction of sp³-hybridized carbons (Fsp3) is 0.0938. The van der Waals surface area contributed by atoms with Crippen molar-refractivity contribution in [1.29, 1.82) is 0 Å². The van der Waals surface area contributed by atoms with Crippen molar-refractivity contribution in [3.8, 4) is 23.1 Å². The fourth-order valence-electron chi connectivity index (χ4n) is 4.73. The number of methoxy groups -OCH3 is 1. The molecule has 0 aliphatic carbocycles. The number of rotatable bonds is 8. The van der Waals surface area contributed by atoms with Crippen molar-refractivity contribution in [2.24, 2.45) is 5.10 Å². The SMILES string of the molecule is COc1cccc2oc(-c3nc4ccccc4c(=O)n3N=Cc3cccc([N+](=O)[O-])c3OCc3cccc(C)c3)cc12. The van der Waals surface area contributed by atoms with Gasteiger partial charge in [0.1, 0.15) is 17.9 Å². The maximum Gasteiger partial charge on any atom is 0.311 e. The minimum Gasteiger partial charge on any atom is -0.496 e. The van der Waals surface area contributed by atoms with Crippen molar-refractivity contribution in [3.63, 3.8) is 0 Å². The molecule has 0 fully saturated rings. The van der Waals surface area contributed by atoms with Crippen LogP contribution in [-0.4, -0.2) is 27.9 Å². The number of fused-ring (bicyclic) bond motifs is 2. The summed E-state index contributed by atoms with van der Waals surface area (Å²) in [5.74, 6) is 1.09. The van der Waals surface area contributed by atoms with E-state index in [1.807, 2.05) is 31.2 Å². The van der Waals surface area contributed by atoms with Crippen LogP contribution in [0.15, 0.2) is 105 Å². The molecule has 0 atom stereocenters. The van der Waals surface area contributed by atoms with Crippen molar-refractivity contribution in [2.75, 3.05) is 7.11 Å². The van der Waals surface area contributed by atoms with Gasteiger partial charge in [-0.3, -0.25) is 14.9 Å². The number of nitrogens with zero attached hydrogens (tertiary/aromatic N) is 4. The number of hydrogen-bond donors (Lipinski definition) is 0. The largest absolute Gasteiger partial charge is 0.496 e. The molecular weight excluding hydrogens is 536 g/mol. The Kier molecular flexibility index (Phi) is 6.93. The highest BCUT2D eigenvalue weighted by Crippen LogP contribution is 2.34. The first-order valence-corrected chi connectivity index (χ1v) is 13.0. The third-order valence-electron chi connectivity index (χ3n) is 6.71. The molecule has 0 N–H and O–H groups in total. The minimum atomic E-state index is -0.514. The first-order valence-electron chi connectivity index (χ1n) is 13.0. The first kappa shape index (κ1) is 26.5. The standard InChI is InChI=1S/C32H24N4O6/c1-20-8-5-9-21(16-20)19-41-30-22(10-6-13-26(30)36(38)39)18-33-35-31(34-25-12-4-3-11-23(25)32(35)37)29-17-24-27(40-2)14-7-15-28(24)42-29/h3-18H,19H2,1-2H3. The van der Waals surface area contributed by atoms with Gasteiger partial charge in [0.2, 0.25) is 11.6 Å². The molecule has 0 spiro atoms. The highest BCUT2D eigenvalue weighted by molar-refractivity contribution is 5.89. The molecule has 0 amide bonds. The van der Waals surface area contributed by atoms with Crippen LogP contribution in [0.1, 0.15) is 16.7 Å². The van der Waals surface area contributed by atoms with Crippen LogP contribution in [0.4, 0.5) is 5.69 Å². The minimum absolute atomic E-state index is 0.0320. The summed E-state index contributed by atoms with van der Waals surface area (Å²) in [6.45, 7) is 2.06. The van der Waals surface area contributed by atoms with E-state index in [2.05, 4.69) is 5.10 Å². The molecule has 10 nitrogen and oxygen atoms in total. The molecule has 6 rings (SSSR count). The number of aromatic nitrogens is 2. The van der Waals surface area contributed by atoms with E-state index in [-0.39, 0.29) is 23.9 Å². The zero-order chi connectivity index (χ0) is 29.2. The van der Waals surface area contributed by atoms with Crippen molar-refractivity contribution >= 4 is 33.8 Å². The summed E-state index contributed by atoms with van der Waals surface area (Å²) in [7, 11) is 1.56. The van der Waals surface area contributed by atoms with Gasteiger partial charge in [0.05, 0.1) is 34.5 Å². The van der Waals surface area contributed by atoms with E-state index in [0.29, 0.717) is 38.9 Å². The highest BCUT2D eigenvalue weighted by atomic mass is 16.6. The maximum atomic E-state index is 13.7. The third kappa shape index (κ3) is 4.97. The molecule has 2 heterocycles. The number of nitro benzene ring substituents is 1. The van der Waals surface area contributed by atoms with E-state index < -0.39 is 10.5 Å². The van der Waals surface area contributed by atoms with Crippen molar-refractivity contribution < 1.29 is 18.8 Å². The smallest absolute Gasteiger partial charge is 0.311 e. The number of para-hydroxylation sites is 2. The van der Waals surface area contributed by atoms with Crippen LogP contribution in [0.3, 0.4) is 0 Å². The molecule has 0 bridgehead atoms. The predicted octanol–water partition coefficient (Wildman–Crippen LogP) is 6.50. The van der Waals surface area contributed by atoms with Gasteiger partial charge in [0.15, 0.2) is 5.76 Å². The van der Waals surface area contributed by atoms with Crippen LogP contribution in [0.2, 0.25) is 0 Å². The predicted molar refractivity (Wildman–Crippen MR) is 159 cm³/mol. The second-order valence-corrected chi connectivity index (χ2v) is 9.53. The van der Waals surface area contributed by atoms with Gasteiger partial charge in [-0.1, -0.05) is 54.1 Å².